The minimum absolute atomic E-state index is 0.827. The van der Waals surface area contributed by atoms with Gasteiger partial charge < -0.3 is 9.72 Å². The van der Waals surface area contributed by atoms with E-state index >= 15 is 0 Å². The summed E-state index contributed by atoms with van der Waals surface area (Å²) < 4.78 is 5.30. The fraction of sp³-hybridized carbons (Fsp3) is 0.250. The van der Waals surface area contributed by atoms with Gasteiger partial charge in [-0.1, -0.05) is 6.08 Å². The van der Waals surface area contributed by atoms with Gasteiger partial charge in [0.25, 0.3) is 0 Å². The lowest BCUT2D eigenvalue weighted by molar-refractivity contribution is 0.418. The Morgan fingerprint density at radius 3 is 3.13 bits per heavy atom. The summed E-state index contributed by atoms with van der Waals surface area (Å²) in [5.41, 5.74) is 3.15. The number of nitrogens with one attached hydrogen (secondary N) is 1. The molecule has 0 radical (unpaired) electrons. The first-order valence-corrected chi connectivity index (χ1v) is 4.96. The highest BCUT2D eigenvalue weighted by atomic mass is 16.5. The maximum atomic E-state index is 5.30. The Labute approximate surface area is 88.8 Å². The van der Waals surface area contributed by atoms with Crippen molar-refractivity contribution in [2.45, 2.75) is 12.8 Å². The van der Waals surface area contributed by atoms with Crippen molar-refractivity contribution < 1.29 is 4.74 Å². The first-order valence-electron chi connectivity index (χ1n) is 4.96. The number of allylic oxidation sites excluding steroid dienone is 1. The molecule has 1 heterocycles. The van der Waals surface area contributed by atoms with Crippen LogP contribution in [0.1, 0.15) is 12.0 Å². The molecule has 2 rings (SSSR count). The third-order valence-electron chi connectivity index (χ3n) is 2.41. The molecule has 1 N–H and O–H groups in total. The molecule has 0 bridgehead atoms. The van der Waals surface area contributed by atoms with Crippen molar-refractivity contribution in [2.75, 3.05) is 7.11 Å². The number of H-pyrrole nitrogens is 1. The van der Waals surface area contributed by atoms with Crippen molar-refractivity contribution in [3.63, 3.8) is 0 Å². The highest BCUT2D eigenvalue weighted by molar-refractivity contribution is 5.82. The summed E-state index contributed by atoms with van der Waals surface area (Å²) in [4.78, 5) is 7.30. The second-order valence-corrected chi connectivity index (χ2v) is 3.42. The number of aromatic amines is 1. The second kappa shape index (κ2) is 4.17. The lowest BCUT2D eigenvalue weighted by atomic mass is 10.1. The van der Waals surface area contributed by atoms with Gasteiger partial charge in [0.2, 0.25) is 0 Å². The van der Waals surface area contributed by atoms with Crippen LogP contribution in [0, 0.1) is 0 Å². The zero-order valence-corrected chi connectivity index (χ0v) is 8.79. The number of aromatic nitrogens is 2. The number of benzene rings is 1. The van der Waals surface area contributed by atoms with Gasteiger partial charge in [-0.25, -0.2) is 4.98 Å². The molecule has 0 fully saturated rings. The van der Waals surface area contributed by atoms with Gasteiger partial charge in [-0.15, -0.1) is 6.58 Å². The van der Waals surface area contributed by atoms with E-state index in [0.717, 1.165) is 29.6 Å². The number of aryl methyl sites for hydroxylation is 1. The van der Waals surface area contributed by atoms with E-state index in [4.69, 9.17) is 4.74 Å². The Bertz CT molecular complexity index is 473. The number of methoxy groups -OCH3 is 1. The van der Waals surface area contributed by atoms with Crippen LogP contribution < -0.4 is 4.74 Å². The normalized spacial score (nSPS) is 10.5. The van der Waals surface area contributed by atoms with E-state index in [0.29, 0.717) is 0 Å². The molecule has 0 aliphatic heterocycles. The number of nitrogens with zero attached hydrogens (tertiary/aromatic N) is 1. The van der Waals surface area contributed by atoms with E-state index < -0.39 is 0 Å². The molecule has 0 aliphatic rings. The summed E-state index contributed by atoms with van der Waals surface area (Å²) in [5, 5.41) is 0. The van der Waals surface area contributed by atoms with Gasteiger partial charge in [-0.3, -0.25) is 0 Å². The van der Waals surface area contributed by atoms with Gasteiger partial charge in [0.05, 0.1) is 19.0 Å². The maximum absolute atomic E-state index is 5.30. The average molecular weight is 202 g/mol. The van der Waals surface area contributed by atoms with E-state index in [1.807, 2.05) is 12.1 Å². The molecule has 1 aromatic heterocycles. The molecule has 0 saturated heterocycles. The third-order valence-corrected chi connectivity index (χ3v) is 2.41. The molecule has 1 aromatic carbocycles. The molecule has 0 aliphatic carbocycles. The van der Waals surface area contributed by atoms with Crippen LogP contribution >= 0.6 is 0 Å². The topological polar surface area (TPSA) is 37.9 Å². The van der Waals surface area contributed by atoms with Crippen molar-refractivity contribution in [3.8, 4) is 5.75 Å². The van der Waals surface area contributed by atoms with Crippen molar-refractivity contribution >= 4 is 11.0 Å². The quantitative estimate of drug-likeness (QED) is 0.774. The minimum atomic E-state index is 0.827. The summed E-state index contributed by atoms with van der Waals surface area (Å²) in [6.07, 6.45) is 5.56. The predicted molar refractivity (Wildman–Crippen MR) is 61.2 cm³/mol. The lowest BCUT2D eigenvalue weighted by Crippen LogP contribution is -1.89. The highest BCUT2D eigenvalue weighted by Gasteiger charge is 2.05. The first-order chi connectivity index (χ1) is 7.35. The smallest absolute Gasteiger partial charge is 0.146 e. The molecule has 0 unspecified atom stereocenters. The maximum Gasteiger partial charge on any atom is 0.146 e. The number of ether oxygens (including phenoxy) is 1. The van der Waals surface area contributed by atoms with Crippen LogP contribution in [-0.4, -0.2) is 17.1 Å². The Morgan fingerprint density at radius 2 is 2.40 bits per heavy atom. The fourth-order valence-corrected chi connectivity index (χ4v) is 1.64. The standard InChI is InChI=1S/C12H14N2O/c1-3-4-5-9-6-10-12(14-8-13-10)11(7-9)15-2/h3,6-8H,1,4-5H2,2H3,(H,13,14). The van der Waals surface area contributed by atoms with Gasteiger partial charge >= 0.3 is 0 Å². The van der Waals surface area contributed by atoms with Crippen molar-refractivity contribution in [1.82, 2.24) is 9.97 Å². The van der Waals surface area contributed by atoms with E-state index in [2.05, 4.69) is 22.6 Å². The van der Waals surface area contributed by atoms with Crippen LogP contribution in [0.25, 0.3) is 11.0 Å². The Hall–Kier alpha value is -1.77. The van der Waals surface area contributed by atoms with E-state index in [-0.39, 0.29) is 0 Å². The van der Waals surface area contributed by atoms with Gasteiger partial charge in [0.15, 0.2) is 0 Å². The molecule has 2 aromatic rings. The van der Waals surface area contributed by atoms with Gasteiger partial charge in [-0.2, -0.15) is 0 Å². The lowest BCUT2D eigenvalue weighted by Gasteiger charge is -2.04. The van der Waals surface area contributed by atoms with Gasteiger partial charge in [0.1, 0.15) is 11.3 Å². The number of hydrogen-bond donors (Lipinski definition) is 1. The molecule has 78 valence electrons. The summed E-state index contributed by atoms with van der Waals surface area (Å²) in [6.45, 7) is 3.72. The third kappa shape index (κ3) is 1.86. The van der Waals surface area contributed by atoms with Crippen LogP contribution in [-0.2, 0) is 6.42 Å². The summed E-state index contributed by atoms with van der Waals surface area (Å²) in [5.74, 6) is 0.827. The molecule has 0 spiro atoms. The zero-order chi connectivity index (χ0) is 10.7. The van der Waals surface area contributed by atoms with Crippen LogP contribution in [0.2, 0.25) is 0 Å². The van der Waals surface area contributed by atoms with E-state index in [1.165, 1.54) is 5.56 Å². The van der Waals surface area contributed by atoms with Crippen LogP contribution in [0.15, 0.2) is 31.1 Å². The number of hydrogen-bond acceptors (Lipinski definition) is 2. The highest BCUT2D eigenvalue weighted by Crippen LogP contribution is 2.25. The van der Waals surface area contributed by atoms with Crippen molar-refractivity contribution in [1.29, 1.82) is 0 Å². The summed E-state index contributed by atoms with van der Waals surface area (Å²) in [6, 6.07) is 4.14. The average Bonchev–Trinajstić information content (AvgIpc) is 2.73. The van der Waals surface area contributed by atoms with E-state index in [9.17, 15) is 0 Å². The molecule has 0 saturated carbocycles. The first kappa shape index (κ1) is 9.77. The van der Waals surface area contributed by atoms with Gasteiger partial charge in [0, 0.05) is 0 Å². The van der Waals surface area contributed by atoms with Crippen molar-refractivity contribution in [3.05, 3.63) is 36.7 Å². The zero-order valence-electron chi connectivity index (χ0n) is 8.79. The van der Waals surface area contributed by atoms with Crippen molar-refractivity contribution in [2.24, 2.45) is 0 Å². The molecule has 15 heavy (non-hydrogen) atoms. The monoisotopic (exact) mass is 202 g/mol. The Morgan fingerprint density at radius 1 is 1.53 bits per heavy atom. The summed E-state index contributed by atoms with van der Waals surface area (Å²) in [7, 11) is 1.67. The molecule has 3 nitrogen and oxygen atoms in total. The molecular weight excluding hydrogens is 188 g/mol. The Kier molecular flexibility index (Phi) is 2.72. The molecule has 0 atom stereocenters. The fourth-order valence-electron chi connectivity index (χ4n) is 1.64. The SMILES string of the molecule is C=CCCc1cc(OC)c2nc[nH]c2c1. The largest absolute Gasteiger partial charge is 0.494 e. The number of rotatable bonds is 4. The molecule has 3 heteroatoms. The molecule has 0 amide bonds. The van der Waals surface area contributed by atoms with E-state index in [1.54, 1.807) is 13.4 Å². The van der Waals surface area contributed by atoms with Gasteiger partial charge in [-0.05, 0) is 30.5 Å². The van der Waals surface area contributed by atoms with Crippen LogP contribution in [0.4, 0.5) is 0 Å². The minimum Gasteiger partial charge on any atom is -0.494 e. The van der Waals surface area contributed by atoms with Crippen LogP contribution in [0.3, 0.4) is 0 Å². The number of fused-ring (bicyclic) bond motifs is 1. The van der Waals surface area contributed by atoms with Crippen LogP contribution in [0.5, 0.6) is 5.75 Å². The Balaban J connectivity index is 2.44. The predicted octanol–water partition coefficient (Wildman–Crippen LogP) is 2.69. The second-order valence-electron chi connectivity index (χ2n) is 3.42. The summed E-state index contributed by atoms with van der Waals surface area (Å²) >= 11 is 0. The molecular formula is C12H14N2O. The number of imidazole rings is 1.